The first-order chi connectivity index (χ1) is 3.85. The van der Waals surface area contributed by atoms with Crippen LogP contribution in [0.4, 0.5) is 17.6 Å². The largest absolute Gasteiger partial charge is 1.00 e. The Labute approximate surface area is 96.0 Å². The van der Waals surface area contributed by atoms with Gasteiger partial charge in [0.05, 0.1) is 5.97 Å². The van der Waals surface area contributed by atoms with Crippen molar-refractivity contribution in [2.45, 2.75) is 12.3 Å². The maximum Gasteiger partial charge on any atom is 1.00 e. The van der Waals surface area contributed by atoms with Crippen LogP contribution in [-0.2, 0) is 4.79 Å². The molecule has 0 fully saturated rings. The van der Waals surface area contributed by atoms with Crippen molar-refractivity contribution in [3.8, 4) is 0 Å². The molecule has 0 aliphatic carbocycles. The van der Waals surface area contributed by atoms with Crippen molar-refractivity contribution in [3.63, 3.8) is 0 Å². The number of carbonyl (C=O) groups excluding carboxylic acids is 1. The van der Waals surface area contributed by atoms with Gasteiger partial charge in [-0.15, -0.1) is 0 Å². The molecular formula is C3HF4KO2. The van der Waals surface area contributed by atoms with E-state index in [-0.39, 0.29) is 51.4 Å². The smallest absolute Gasteiger partial charge is 0.547 e. The molecule has 0 bridgehead atoms. The average Bonchev–Trinajstić information content (AvgIpc) is 1.62. The predicted molar refractivity (Wildman–Crippen MR) is 16.0 cm³/mol. The quantitative estimate of drug-likeness (QED) is 0.315. The van der Waals surface area contributed by atoms with E-state index in [0.29, 0.717) is 0 Å². The maximum atomic E-state index is 11.2. The number of carboxylic acids is 1. The van der Waals surface area contributed by atoms with E-state index in [4.69, 9.17) is 9.90 Å². The van der Waals surface area contributed by atoms with Gasteiger partial charge in [0.15, 0.2) is 0 Å². The van der Waals surface area contributed by atoms with Gasteiger partial charge in [-0.1, -0.05) is 0 Å². The summed E-state index contributed by atoms with van der Waals surface area (Å²) in [7, 11) is 0. The summed E-state index contributed by atoms with van der Waals surface area (Å²) < 4.78 is 44.0. The Hall–Kier alpha value is 0.826. The minimum Gasteiger partial charge on any atom is -0.547 e. The molecule has 0 aromatic rings. The monoisotopic (exact) mass is 184 g/mol. The van der Waals surface area contributed by atoms with Gasteiger partial charge in [-0.25, -0.2) is 4.39 Å². The van der Waals surface area contributed by atoms with Crippen LogP contribution in [0.2, 0.25) is 0 Å². The van der Waals surface area contributed by atoms with Gasteiger partial charge in [0.2, 0.25) is 6.17 Å². The average molecular weight is 184 g/mol. The van der Waals surface area contributed by atoms with Crippen molar-refractivity contribution < 1.29 is 78.8 Å². The summed E-state index contributed by atoms with van der Waals surface area (Å²) >= 11 is 0. The molecule has 0 aliphatic rings. The van der Waals surface area contributed by atoms with E-state index in [1.807, 2.05) is 0 Å². The summed E-state index contributed by atoms with van der Waals surface area (Å²) in [5.41, 5.74) is 0. The molecule has 0 N–H and O–H groups in total. The first kappa shape index (κ1) is 13.4. The maximum absolute atomic E-state index is 11.2. The molecule has 0 saturated heterocycles. The molecule has 1 unspecified atom stereocenters. The molecule has 0 aliphatic heterocycles. The van der Waals surface area contributed by atoms with Gasteiger partial charge in [-0.2, -0.15) is 13.2 Å². The van der Waals surface area contributed by atoms with Crippen LogP contribution in [0.25, 0.3) is 0 Å². The van der Waals surface area contributed by atoms with Gasteiger partial charge in [-0.05, 0) is 0 Å². The Morgan fingerprint density at radius 2 is 1.70 bits per heavy atom. The molecule has 0 saturated carbocycles. The summed E-state index contributed by atoms with van der Waals surface area (Å²) in [6, 6.07) is 0. The van der Waals surface area contributed by atoms with E-state index in [0.717, 1.165) is 0 Å². The summed E-state index contributed by atoms with van der Waals surface area (Å²) in [6.07, 6.45) is -9.23. The molecule has 1 atom stereocenters. The number of hydrogen-bond acceptors (Lipinski definition) is 2. The molecule has 0 rings (SSSR count). The van der Waals surface area contributed by atoms with Crippen LogP contribution in [-0.4, -0.2) is 18.3 Å². The van der Waals surface area contributed by atoms with Crippen molar-refractivity contribution in [1.82, 2.24) is 0 Å². The zero-order valence-electron chi connectivity index (χ0n) is 4.91. The Morgan fingerprint density at radius 1 is 1.40 bits per heavy atom. The Morgan fingerprint density at radius 3 is 1.70 bits per heavy atom. The Balaban J connectivity index is 0. The summed E-state index contributed by atoms with van der Waals surface area (Å²) in [5.74, 6) is -2.76. The number of carbonyl (C=O) groups is 1. The van der Waals surface area contributed by atoms with Gasteiger partial charge in [0.25, 0.3) is 0 Å². The van der Waals surface area contributed by atoms with Crippen LogP contribution in [0.15, 0.2) is 0 Å². The molecule has 7 heteroatoms. The van der Waals surface area contributed by atoms with Crippen LogP contribution in [0.1, 0.15) is 0 Å². The standard InChI is InChI=1S/C3H2F4O2.K/c4-1(2(8)9)3(5,6)7;/h1H,(H,8,9);/q;+1/p-1. The van der Waals surface area contributed by atoms with Gasteiger partial charge in [0, 0.05) is 0 Å². The van der Waals surface area contributed by atoms with Gasteiger partial charge < -0.3 is 9.90 Å². The van der Waals surface area contributed by atoms with Crippen LogP contribution in [0.3, 0.4) is 0 Å². The minimum atomic E-state index is -5.35. The third kappa shape index (κ3) is 4.61. The normalized spacial score (nSPS) is 13.6. The van der Waals surface area contributed by atoms with Crippen LogP contribution in [0.5, 0.6) is 0 Å². The van der Waals surface area contributed by atoms with Crippen LogP contribution in [0, 0.1) is 0 Å². The summed E-state index contributed by atoms with van der Waals surface area (Å²) in [4.78, 5) is 9.14. The molecule has 0 aromatic carbocycles. The van der Waals surface area contributed by atoms with Crippen LogP contribution >= 0.6 is 0 Å². The zero-order valence-corrected chi connectivity index (χ0v) is 8.03. The topological polar surface area (TPSA) is 40.1 Å². The number of alkyl halides is 4. The van der Waals surface area contributed by atoms with E-state index < -0.39 is 18.3 Å². The molecule has 0 spiro atoms. The van der Waals surface area contributed by atoms with Crippen molar-refractivity contribution in [3.05, 3.63) is 0 Å². The number of carboxylic acid groups (broad SMARTS) is 1. The van der Waals surface area contributed by atoms with Crippen LogP contribution < -0.4 is 56.5 Å². The Kier molecular flexibility index (Phi) is 6.24. The number of rotatable bonds is 1. The zero-order chi connectivity index (χ0) is 7.65. The molecule has 2 nitrogen and oxygen atoms in total. The van der Waals surface area contributed by atoms with Gasteiger partial charge >= 0.3 is 57.6 Å². The molecule has 0 heterocycles. The van der Waals surface area contributed by atoms with Crippen molar-refractivity contribution in [2.24, 2.45) is 0 Å². The molecule has 54 valence electrons. The second-order valence-electron chi connectivity index (χ2n) is 1.22. The second-order valence-corrected chi connectivity index (χ2v) is 1.22. The van der Waals surface area contributed by atoms with Gasteiger partial charge in [0.1, 0.15) is 0 Å². The summed E-state index contributed by atoms with van der Waals surface area (Å²) in [6.45, 7) is 0. The SMILES string of the molecule is O=C([O-])C(F)C(F)(F)F.[K+]. The third-order valence-electron chi connectivity index (χ3n) is 0.494. The molecule has 10 heavy (non-hydrogen) atoms. The molecule has 0 amide bonds. The number of halogens is 4. The summed E-state index contributed by atoms with van der Waals surface area (Å²) in [5, 5.41) is 9.14. The Bertz CT molecular complexity index is 122. The third-order valence-corrected chi connectivity index (χ3v) is 0.494. The van der Waals surface area contributed by atoms with E-state index in [2.05, 4.69) is 0 Å². The first-order valence-corrected chi connectivity index (χ1v) is 1.77. The minimum absolute atomic E-state index is 0. The van der Waals surface area contributed by atoms with E-state index in [9.17, 15) is 17.6 Å². The predicted octanol–water partition coefficient (Wildman–Crippen LogP) is -3.36. The first-order valence-electron chi connectivity index (χ1n) is 1.77. The fourth-order valence-electron chi connectivity index (χ4n) is 0.134. The van der Waals surface area contributed by atoms with E-state index in [1.165, 1.54) is 0 Å². The van der Waals surface area contributed by atoms with Crippen molar-refractivity contribution in [1.29, 1.82) is 0 Å². The van der Waals surface area contributed by atoms with Gasteiger partial charge in [-0.3, -0.25) is 0 Å². The molecule has 0 radical (unpaired) electrons. The number of hydrogen-bond donors (Lipinski definition) is 0. The number of aliphatic carboxylic acids is 1. The second kappa shape index (κ2) is 4.65. The van der Waals surface area contributed by atoms with E-state index >= 15 is 0 Å². The fourth-order valence-corrected chi connectivity index (χ4v) is 0.134. The van der Waals surface area contributed by atoms with E-state index in [1.54, 1.807) is 0 Å². The fraction of sp³-hybridized carbons (Fsp3) is 0.667. The van der Waals surface area contributed by atoms with Crippen molar-refractivity contribution >= 4 is 5.97 Å². The van der Waals surface area contributed by atoms with Crippen molar-refractivity contribution in [2.75, 3.05) is 0 Å². The molecular weight excluding hydrogens is 183 g/mol. The molecule has 0 aromatic heterocycles.